The van der Waals surface area contributed by atoms with Gasteiger partial charge in [-0.05, 0) is 6.42 Å². The van der Waals surface area contributed by atoms with Crippen LogP contribution in [-0.4, -0.2) is 21.0 Å². The Labute approximate surface area is 72.6 Å². The van der Waals surface area contributed by atoms with Crippen molar-refractivity contribution in [3.05, 3.63) is 17.7 Å². The number of nitrogens with zero attached hydrogens (tertiary/aromatic N) is 1. The van der Waals surface area contributed by atoms with Crippen molar-refractivity contribution in [1.82, 2.24) is 9.97 Å². The van der Waals surface area contributed by atoms with Gasteiger partial charge in [0, 0.05) is 11.9 Å². The normalized spacial score (nSPS) is 10.7. The van der Waals surface area contributed by atoms with Crippen LogP contribution in [0.25, 0.3) is 0 Å². The molecule has 0 aliphatic carbocycles. The number of nitrogens with one attached hydrogen (secondary N) is 1. The lowest BCUT2D eigenvalue weighted by Crippen LogP contribution is -1.97. The van der Waals surface area contributed by atoms with E-state index in [4.69, 9.17) is 5.11 Å². The second-order valence-electron chi connectivity index (χ2n) is 2.49. The average Bonchev–Trinajstić information content (AvgIpc) is 2.48. The molecule has 4 nitrogen and oxygen atoms in total. The number of halogens is 2. The molecule has 0 saturated carbocycles. The van der Waals surface area contributed by atoms with Crippen LogP contribution in [-0.2, 0) is 11.2 Å². The molecule has 0 unspecified atom stereocenters. The Balaban J connectivity index is 2.54. The monoisotopic (exact) mass is 190 g/mol. The molecule has 0 bridgehead atoms. The Hall–Kier alpha value is -1.46. The molecule has 1 heterocycles. The molecule has 0 fully saturated rings. The van der Waals surface area contributed by atoms with E-state index < -0.39 is 18.2 Å². The second kappa shape index (κ2) is 3.97. The van der Waals surface area contributed by atoms with Gasteiger partial charge in [-0.15, -0.1) is 0 Å². The Morgan fingerprint density at radius 3 is 2.85 bits per heavy atom. The van der Waals surface area contributed by atoms with Crippen LogP contribution in [0.2, 0.25) is 0 Å². The maximum Gasteiger partial charge on any atom is 0.303 e. The van der Waals surface area contributed by atoms with Crippen molar-refractivity contribution in [3.63, 3.8) is 0 Å². The van der Waals surface area contributed by atoms with Crippen molar-refractivity contribution in [2.24, 2.45) is 0 Å². The van der Waals surface area contributed by atoms with Crippen molar-refractivity contribution >= 4 is 5.97 Å². The van der Waals surface area contributed by atoms with Gasteiger partial charge in [0.05, 0.1) is 6.42 Å². The van der Waals surface area contributed by atoms with Gasteiger partial charge in [-0.3, -0.25) is 4.79 Å². The smallest absolute Gasteiger partial charge is 0.303 e. The molecule has 0 aromatic carbocycles. The number of aromatic amines is 1. The van der Waals surface area contributed by atoms with Gasteiger partial charge >= 0.3 is 5.97 Å². The van der Waals surface area contributed by atoms with E-state index in [-0.39, 0.29) is 12.8 Å². The molecule has 0 aliphatic rings. The van der Waals surface area contributed by atoms with Gasteiger partial charge in [0.2, 0.25) is 0 Å². The van der Waals surface area contributed by atoms with E-state index in [1.165, 1.54) is 6.20 Å². The highest BCUT2D eigenvalue weighted by atomic mass is 19.3. The van der Waals surface area contributed by atoms with Crippen LogP contribution in [0.4, 0.5) is 8.78 Å². The topological polar surface area (TPSA) is 66.0 Å². The van der Waals surface area contributed by atoms with Crippen LogP contribution >= 0.6 is 0 Å². The number of hydrogen-bond acceptors (Lipinski definition) is 2. The van der Waals surface area contributed by atoms with Crippen LogP contribution in [0.3, 0.4) is 0 Å². The minimum atomic E-state index is -2.64. The van der Waals surface area contributed by atoms with Crippen LogP contribution in [0, 0.1) is 0 Å². The molecule has 0 atom stereocenters. The highest BCUT2D eigenvalue weighted by Crippen LogP contribution is 2.14. The highest BCUT2D eigenvalue weighted by molar-refractivity contribution is 5.66. The molecule has 1 aromatic heterocycles. The summed E-state index contributed by atoms with van der Waals surface area (Å²) in [5, 5.41) is 8.31. The summed E-state index contributed by atoms with van der Waals surface area (Å²) in [6.45, 7) is 0. The maximum atomic E-state index is 12.0. The first-order valence-corrected chi connectivity index (χ1v) is 3.63. The molecule has 6 heteroatoms. The summed E-state index contributed by atoms with van der Waals surface area (Å²) in [6, 6.07) is 0. The third-order valence-corrected chi connectivity index (χ3v) is 1.46. The largest absolute Gasteiger partial charge is 0.481 e. The number of aromatic nitrogens is 2. The minimum absolute atomic E-state index is 0.0924. The molecule has 2 N–H and O–H groups in total. The standard InChI is InChI=1S/C7H8F2N2O2/c8-6(9)7-10-3-4(11-7)1-2-5(12)13/h3,6H,1-2H2,(H,10,11)(H,12,13). The number of carbonyl (C=O) groups is 1. The molecule has 72 valence electrons. The third kappa shape index (κ3) is 2.81. The lowest BCUT2D eigenvalue weighted by molar-refractivity contribution is -0.136. The van der Waals surface area contributed by atoms with Crippen LogP contribution in [0.1, 0.15) is 24.4 Å². The molecular weight excluding hydrogens is 182 g/mol. The summed E-state index contributed by atoms with van der Waals surface area (Å²) < 4.78 is 23.9. The summed E-state index contributed by atoms with van der Waals surface area (Å²) in [7, 11) is 0. The summed E-state index contributed by atoms with van der Waals surface area (Å²) >= 11 is 0. The number of aryl methyl sites for hydroxylation is 1. The lowest BCUT2D eigenvalue weighted by atomic mass is 10.2. The number of imidazole rings is 1. The summed E-state index contributed by atoms with van der Waals surface area (Å²) in [4.78, 5) is 15.9. The number of aliphatic carboxylic acids is 1. The predicted molar refractivity (Wildman–Crippen MR) is 39.5 cm³/mol. The average molecular weight is 190 g/mol. The molecule has 0 spiro atoms. The highest BCUT2D eigenvalue weighted by Gasteiger charge is 2.11. The van der Waals surface area contributed by atoms with E-state index in [1.807, 2.05) is 0 Å². The van der Waals surface area contributed by atoms with Crippen LogP contribution in [0.5, 0.6) is 0 Å². The van der Waals surface area contributed by atoms with Gasteiger partial charge in [-0.1, -0.05) is 0 Å². The van der Waals surface area contributed by atoms with Crippen LogP contribution < -0.4 is 0 Å². The van der Waals surface area contributed by atoms with Crippen molar-refractivity contribution in [3.8, 4) is 0 Å². The lowest BCUT2D eigenvalue weighted by Gasteiger charge is -1.93. The fourth-order valence-electron chi connectivity index (χ4n) is 0.856. The molecule has 13 heavy (non-hydrogen) atoms. The molecule has 0 saturated heterocycles. The van der Waals surface area contributed by atoms with Gasteiger partial charge in [-0.25, -0.2) is 13.8 Å². The second-order valence-corrected chi connectivity index (χ2v) is 2.49. The number of H-pyrrole nitrogens is 1. The summed E-state index contributed by atoms with van der Waals surface area (Å²) in [5.74, 6) is -1.38. The predicted octanol–water partition coefficient (Wildman–Crippen LogP) is 1.36. The zero-order chi connectivity index (χ0) is 9.84. The van der Waals surface area contributed by atoms with E-state index in [1.54, 1.807) is 0 Å². The quantitative estimate of drug-likeness (QED) is 0.753. The SMILES string of the molecule is O=C(O)CCc1cnc(C(F)F)[nH]1. The Bertz CT molecular complexity index is 298. The molecule has 0 radical (unpaired) electrons. The fourth-order valence-corrected chi connectivity index (χ4v) is 0.856. The Kier molecular flexibility index (Phi) is 2.94. The van der Waals surface area contributed by atoms with Gasteiger partial charge in [0.1, 0.15) is 0 Å². The third-order valence-electron chi connectivity index (χ3n) is 1.46. The molecule has 1 aromatic rings. The van der Waals surface area contributed by atoms with Gasteiger partial charge < -0.3 is 10.1 Å². The number of hydrogen-bond donors (Lipinski definition) is 2. The van der Waals surface area contributed by atoms with Gasteiger partial charge in [-0.2, -0.15) is 0 Å². The van der Waals surface area contributed by atoms with Crippen molar-refractivity contribution in [1.29, 1.82) is 0 Å². The molecule has 0 amide bonds. The van der Waals surface area contributed by atoms with E-state index in [9.17, 15) is 13.6 Å². The number of rotatable bonds is 4. The van der Waals surface area contributed by atoms with Crippen molar-refractivity contribution in [2.45, 2.75) is 19.3 Å². The molecular formula is C7H8F2N2O2. The number of carboxylic acid groups (broad SMARTS) is 1. The van der Waals surface area contributed by atoms with E-state index in [0.717, 1.165) is 0 Å². The van der Waals surface area contributed by atoms with Crippen molar-refractivity contribution in [2.75, 3.05) is 0 Å². The van der Waals surface area contributed by atoms with E-state index in [2.05, 4.69) is 9.97 Å². The van der Waals surface area contributed by atoms with Gasteiger partial charge in [0.25, 0.3) is 6.43 Å². The summed E-state index contributed by atoms with van der Waals surface area (Å²) in [6.07, 6.45) is -1.32. The molecule has 0 aliphatic heterocycles. The number of carboxylic acids is 1. The van der Waals surface area contributed by atoms with Crippen LogP contribution in [0.15, 0.2) is 6.20 Å². The minimum Gasteiger partial charge on any atom is -0.481 e. The Morgan fingerprint density at radius 1 is 1.69 bits per heavy atom. The first kappa shape index (κ1) is 9.63. The van der Waals surface area contributed by atoms with E-state index in [0.29, 0.717) is 5.69 Å². The maximum absolute atomic E-state index is 12.0. The molecule has 1 rings (SSSR count). The fraction of sp³-hybridized carbons (Fsp3) is 0.429. The van der Waals surface area contributed by atoms with Crippen molar-refractivity contribution < 1.29 is 18.7 Å². The zero-order valence-electron chi connectivity index (χ0n) is 6.63. The number of alkyl halides is 2. The first-order chi connectivity index (χ1) is 6.09. The summed E-state index contributed by atoms with van der Waals surface area (Å²) in [5.41, 5.74) is 0.415. The first-order valence-electron chi connectivity index (χ1n) is 3.63. The van der Waals surface area contributed by atoms with E-state index >= 15 is 0 Å². The Morgan fingerprint density at radius 2 is 2.38 bits per heavy atom. The zero-order valence-corrected chi connectivity index (χ0v) is 6.63. The van der Waals surface area contributed by atoms with Gasteiger partial charge in [0.15, 0.2) is 5.82 Å².